The third-order valence-electron chi connectivity index (χ3n) is 6.11. The summed E-state index contributed by atoms with van der Waals surface area (Å²) in [6.45, 7) is 12.6. The molecular weight excluding hydrogens is 372 g/mol. The number of hydrogen-bond acceptors (Lipinski definition) is 8. The molecule has 29 heavy (non-hydrogen) atoms. The quantitative estimate of drug-likeness (QED) is 0.361. The zero-order valence-electron chi connectivity index (χ0n) is 17.7. The normalized spacial score (nSPS) is 21.4. The lowest BCUT2D eigenvalue weighted by Gasteiger charge is -2.35. The standard InChI is InChI=1S/C21H34N4O4/c1-3-23-11-13-24(14-12-23)9-6-8-22-17-18(20(27)19(17)26)25-10-5-7-16(15-25)21(28)29-4-2/h16,22H,3-15H2,1-2H3. The van der Waals surface area contributed by atoms with Crippen molar-refractivity contribution in [1.82, 2.24) is 9.80 Å². The van der Waals surface area contributed by atoms with Crippen LogP contribution in [0.3, 0.4) is 0 Å². The lowest BCUT2D eigenvalue weighted by atomic mass is 9.96. The summed E-state index contributed by atoms with van der Waals surface area (Å²) in [6.07, 6.45) is 2.50. The molecule has 0 spiro atoms. The Morgan fingerprint density at radius 1 is 1.07 bits per heavy atom. The summed E-state index contributed by atoms with van der Waals surface area (Å²) < 4.78 is 5.13. The number of carbonyl (C=O) groups is 1. The second-order valence-electron chi connectivity index (χ2n) is 7.98. The third-order valence-corrected chi connectivity index (χ3v) is 6.11. The van der Waals surface area contributed by atoms with E-state index in [9.17, 15) is 14.4 Å². The van der Waals surface area contributed by atoms with Crippen molar-refractivity contribution in [3.8, 4) is 0 Å². The van der Waals surface area contributed by atoms with Crippen LogP contribution >= 0.6 is 0 Å². The van der Waals surface area contributed by atoms with E-state index in [2.05, 4.69) is 22.0 Å². The van der Waals surface area contributed by atoms with Crippen LogP contribution < -0.4 is 21.1 Å². The number of piperidine rings is 1. The molecule has 8 nitrogen and oxygen atoms in total. The van der Waals surface area contributed by atoms with E-state index in [1.807, 2.05) is 4.90 Å². The molecular formula is C21H34N4O4. The Balaban J connectivity index is 1.49. The number of esters is 1. The van der Waals surface area contributed by atoms with Gasteiger partial charge in [-0.15, -0.1) is 0 Å². The van der Waals surface area contributed by atoms with Crippen molar-refractivity contribution in [3.63, 3.8) is 0 Å². The number of rotatable bonds is 9. The van der Waals surface area contributed by atoms with E-state index < -0.39 is 10.9 Å². The first-order chi connectivity index (χ1) is 14.0. The van der Waals surface area contributed by atoms with E-state index in [-0.39, 0.29) is 11.9 Å². The maximum Gasteiger partial charge on any atom is 0.310 e. The third kappa shape index (κ3) is 5.17. The molecule has 2 saturated heterocycles. The molecule has 1 atom stereocenters. The van der Waals surface area contributed by atoms with E-state index in [1.54, 1.807) is 6.92 Å². The van der Waals surface area contributed by atoms with Crippen LogP contribution in [0.25, 0.3) is 0 Å². The Bertz CT molecular complexity index is 750. The number of anilines is 2. The first-order valence-electron chi connectivity index (χ1n) is 11.0. The van der Waals surface area contributed by atoms with Crippen molar-refractivity contribution in [2.24, 2.45) is 5.92 Å². The number of carbonyl (C=O) groups excluding carboxylic acids is 1. The Morgan fingerprint density at radius 3 is 2.48 bits per heavy atom. The van der Waals surface area contributed by atoms with Gasteiger partial charge in [0.05, 0.1) is 12.5 Å². The number of nitrogens with zero attached hydrogens (tertiary/aromatic N) is 3. The van der Waals surface area contributed by atoms with Crippen LogP contribution in [0, 0.1) is 5.92 Å². The van der Waals surface area contributed by atoms with Gasteiger partial charge in [-0.3, -0.25) is 14.4 Å². The lowest BCUT2D eigenvalue weighted by Crippen LogP contribution is -2.48. The van der Waals surface area contributed by atoms with Crippen molar-refractivity contribution >= 4 is 17.3 Å². The van der Waals surface area contributed by atoms with E-state index >= 15 is 0 Å². The molecule has 3 rings (SSSR count). The minimum atomic E-state index is -0.437. The van der Waals surface area contributed by atoms with Crippen molar-refractivity contribution in [3.05, 3.63) is 20.4 Å². The van der Waals surface area contributed by atoms with Gasteiger partial charge in [-0.05, 0) is 39.3 Å². The van der Waals surface area contributed by atoms with Crippen molar-refractivity contribution in [2.45, 2.75) is 33.1 Å². The fourth-order valence-electron chi connectivity index (χ4n) is 4.32. The van der Waals surface area contributed by atoms with Gasteiger partial charge in [0.15, 0.2) is 0 Å². The van der Waals surface area contributed by atoms with Crippen molar-refractivity contribution < 1.29 is 9.53 Å². The second kappa shape index (κ2) is 10.2. The summed E-state index contributed by atoms with van der Waals surface area (Å²) >= 11 is 0. The Labute approximate surface area is 172 Å². The Hall–Kier alpha value is -1.93. The van der Waals surface area contributed by atoms with Crippen LogP contribution in [0.4, 0.5) is 11.4 Å². The van der Waals surface area contributed by atoms with Gasteiger partial charge in [0.2, 0.25) is 0 Å². The molecule has 8 heteroatoms. The minimum absolute atomic E-state index is 0.214. The predicted molar refractivity (Wildman–Crippen MR) is 115 cm³/mol. The van der Waals surface area contributed by atoms with Gasteiger partial charge in [-0.1, -0.05) is 6.92 Å². The largest absolute Gasteiger partial charge is 0.466 e. The Morgan fingerprint density at radius 2 is 1.79 bits per heavy atom. The van der Waals surface area contributed by atoms with Crippen LogP contribution in [-0.2, 0) is 9.53 Å². The SMILES string of the molecule is CCOC(=O)C1CCCN(c2c(NCCCN3CCN(CC)CC3)c(=O)c2=O)C1. The summed E-state index contributed by atoms with van der Waals surface area (Å²) in [5, 5.41) is 3.19. The van der Waals surface area contributed by atoms with Crippen LogP contribution in [0.2, 0.25) is 0 Å². The fraction of sp³-hybridized carbons (Fsp3) is 0.762. The van der Waals surface area contributed by atoms with E-state index in [1.165, 1.54) is 0 Å². The summed E-state index contributed by atoms with van der Waals surface area (Å²) in [7, 11) is 0. The summed E-state index contributed by atoms with van der Waals surface area (Å²) in [5.41, 5.74) is 0.0124. The zero-order valence-corrected chi connectivity index (χ0v) is 17.7. The monoisotopic (exact) mass is 406 g/mol. The fourth-order valence-corrected chi connectivity index (χ4v) is 4.32. The smallest absolute Gasteiger partial charge is 0.310 e. The van der Waals surface area contributed by atoms with Gasteiger partial charge in [0.1, 0.15) is 11.4 Å². The van der Waals surface area contributed by atoms with Gasteiger partial charge >= 0.3 is 5.97 Å². The first kappa shape index (κ1) is 21.8. The summed E-state index contributed by atoms with van der Waals surface area (Å²) in [6, 6.07) is 0. The maximum atomic E-state index is 12.2. The molecule has 0 aromatic heterocycles. The first-order valence-corrected chi connectivity index (χ1v) is 11.0. The number of piperazine rings is 1. The number of hydrogen-bond donors (Lipinski definition) is 1. The van der Waals surface area contributed by atoms with Gasteiger partial charge in [0.25, 0.3) is 10.9 Å². The molecule has 162 valence electrons. The van der Waals surface area contributed by atoms with Gasteiger partial charge in [0, 0.05) is 45.8 Å². The predicted octanol–water partition coefficient (Wildman–Crippen LogP) is 0.502. The average Bonchev–Trinajstić information content (AvgIpc) is 2.76. The van der Waals surface area contributed by atoms with Gasteiger partial charge in [-0.25, -0.2) is 0 Å². The van der Waals surface area contributed by atoms with Crippen LogP contribution in [0.5, 0.6) is 0 Å². The van der Waals surface area contributed by atoms with Crippen LogP contribution in [0.15, 0.2) is 9.59 Å². The second-order valence-corrected chi connectivity index (χ2v) is 7.98. The van der Waals surface area contributed by atoms with Crippen LogP contribution in [-0.4, -0.2) is 81.3 Å². The summed E-state index contributed by atoms with van der Waals surface area (Å²) in [5.74, 6) is -0.448. The molecule has 0 amide bonds. The highest BCUT2D eigenvalue weighted by molar-refractivity contribution is 5.78. The lowest BCUT2D eigenvalue weighted by molar-refractivity contribution is -0.148. The number of nitrogens with one attached hydrogen (secondary N) is 1. The molecule has 1 aromatic carbocycles. The van der Waals surface area contributed by atoms with Gasteiger partial charge in [-0.2, -0.15) is 0 Å². The molecule has 0 aliphatic carbocycles. The highest BCUT2D eigenvalue weighted by Crippen LogP contribution is 2.27. The van der Waals surface area contributed by atoms with Gasteiger partial charge < -0.3 is 24.8 Å². The molecule has 2 fully saturated rings. The molecule has 1 N–H and O–H groups in total. The molecule has 1 aromatic rings. The van der Waals surface area contributed by atoms with E-state index in [0.717, 1.165) is 58.5 Å². The van der Waals surface area contributed by atoms with Crippen molar-refractivity contribution in [1.29, 1.82) is 0 Å². The maximum absolute atomic E-state index is 12.2. The van der Waals surface area contributed by atoms with Crippen molar-refractivity contribution in [2.75, 3.05) is 75.7 Å². The van der Waals surface area contributed by atoms with E-state index in [0.29, 0.717) is 37.6 Å². The number of ether oxygens (including phenoxy) is 1. The minimum Gasteiger partial charge on any atom is -0.466 e. The zero-order chi connectivity index (χ0) is 20.8. The number of likely N-dealkylation sites (N-methyl/N-ethyl adjacent to an activating group) is 1. The summed E-state index contributed by atoms with van der Waals surface area (Å²) in [4.78, 5) is 43.1. The highest BCUT2D eigenvalue weighted by atomic mass is 16.5. The molecule has 2 aliphatic heterocycles. The molecule has 2 heterocycles. The highest BCUT2D eigenvalue weighted by Gasteiger charge is 2.32. The topological polar surface area (TPSA) is 82.2 Å². The average molecular weight is 407 g/mol. The Kier molecular flexibility index (Phi) is 7.66. The molecule has 0 radical (unpaired) electrons. The molecule has 2 aliphatic rings. The molecule has 1 unspecified atom stereocenters. The molecule has 0 saturated carbocycles. The van der Waals surface area contributed by atoms with E-state index in [4.69, 9.17) is 4.74 Å². The van der Waals surface area contributed by atoms with Crippen LogP contribution in [0.1, 0.15) is 33.1 Å². The molecule has 0 bridgehead atoms.